The maximum atomic E-state index is 13.4. The summed E-state index contributed by atoms with van der Waals surface area (Å²) in [7, 11) is 0. The zero-order valence-corrected chi connectivity index (χ0v) is 16.5. The fourth-order valence-corrected chi connectivity index (χ4v) is 3.54. The summed E-state index contributed by atoms with van der Waals surface area (Å²) in [5, 5.41) is 4.20. The van der Waals surface area contributed by atoms with Crippen molar-refractivity contribution in [3.63, 3.8) is 0 Å². The molecular weight excluding hydrogens is 401 g/mol. The molecule has 0 atom stereocenters. The Hall–Kier alpha value is -3.67. The molecule has 0 spiro atoms. The quantitative estimate of drug-likeness (QED) is 0.283. The molecule has 3 aromatic carbocycles. The molecule has 0 saturated heterocycles. The molecule has 0 amide bonds. The van der Waals surface area contributed by atoms with Crippen molar-refractivity contribution in [2.24, 2.45) is 0 Å². The second-order valence-corrected chi connectivity index (χ2v) is 7.08. The van der Waals surface area contributed by atoms with Crippen molar-refractivity contribution >= 4 is 22.9 Å². The standard InChI is InChI=1S/C25H19F3N2O/c26-25(27,28)21-8-3-1-6-19(21)17-10-12-18(13-11-17)23-16-24(29-14-5-15-31)20-7-2-4-9-22(20)30-23/h1-4,6-13,15-16H,5,14H2,(H,29,30). The number of nitrogens with zero attached hydrogens (tertiary/aromatic N) is 1. The van der Waals surface area contributed by atoms with Crippen LogP contribution in [0.5, 0.6) is 0 Å². The molecule has 0 fully saturated rings. The van der Waals surface area contributed by atoms with Crippen LogP contribution >= 0.6 is 0 Å². The molecule has 4 rings (SSSR count). The number of fused-ring (bicyclic) bond motifs is 1. The lowest BCUT2D eigenvalue weighted by atomic mass is 9.97. The molecule has 0 aliphatic carbocycles. The minimum Gasteiger partial charge on any atom is -0.384 e. The van der Waals surface area contributed by atoms with Gasteiger partial charge in [-0.15, -0.1) is 0 Å². The van der Waals surface area contributed by atoms with E-state index in [1.807, 2.05) is 30.3 Å². The molecule has 0 saturated carbocycles. The van der Waals surface area contributed by atoms with Crippen LogP contribution < -0.4 is 5.32 Å². The molecule has 1 aromatic heterocycles. The van der Waals surface area contributed by atoms with Gasteiger partial charge in [-0.25, -0.2) is 4.98 Å². The number of hydrogen-bond acceptors (Lipinski definition) is 3. The molecule has 1 N–H and O–H groups in total. The lowest BCUT2D eigenvalue weighted by molar-refractivity contribution is -0.137. The molecule has 3 nitrogen and oxygen atoms in total. The summed E-state index contributed by atoms with van der Waals surface area (Å²) in [4.78, 5) is 15.4. The predicted molar refractivity (Wildman–Crippen MR) is 117 cm³/mol. The molecule has 156 valence electrons. The molecule has 0 aliphatic heterocycles. The van der Waals surface area contributed by atoms with E-state index in [-0.39, 0.29) is 5.56 Å². The molecule has 6 heteroatoms. The van der Waals surface area contributed by atoms with Crippen molar-refractivity contribution in [2.45, 2.75) is 12.6 Å². The van der Waals surface area contributed by atoms with E-state index in [9.17, 15) is 18.0 Å². The fraction of sp³-hybridized carbons (Fsp3) is 0.120. The van der Waals surface area contributed by atoms with Gasteiger partial charge in [0.15, 0.2) is 0 Å². The smallest absolute Gasteiger partial charge is 0.384 e. The monoisotopic (exact) mass is 420 g/mol. The number of benzene rings is 3. The highest BCUT2D eigenvalue weighted by Gasteiger charge is 2.33. The highest BCUT2D eigenvalue weighted by Crippen LogP contribution is 2.37. The zero-order chi connectivity index (χ0) is 21.8. The molecule has 0 radical (unpaired) electrons. The maximum absolute atomic E-state index is 13.4. The van der Waals surface area contributed by atoms with Crippen LogP contribution in [0.15, 0.2) is 78.9 Å². The molecule has 0 aliphatic rings. The van der Waals surface area contributed by atoms with E-state index in [4.69, 9.17) is 4.98 Å². The first-order valence-corrected chi connectivity index (χ1v) is 9.82. The lowest BCUT2D eigenvalue weighted by Crippen LogP contribution is -2.06. The van der Waals surface area contributed by atoms with Crippen LogP contribution in [0.4, 0.5) is 18.9 Å². The largest absolute Gasteiger partial charge is 0.417 e. The Labute approximate surface area is 177 Å². The molecule has 0 unspecified atom stereocenters. The minimum absolute atomic E-state index is 0.143. The van der Waals surface area contributed by atoms with Crippen molar-refractivity contribution in [3.8, 4) is 22.4 Å². The number of aromatic nitrogens is 1. The van der Waals surface area contributed by atoms with Crippen LogP contribution in [0.1, 0.15) is 12.0 Å². The van der Waals surface area contributed by atoms with Crippen molar-refractivity contribution in [3.05, 3.63) is 84.4 Å². The van der Waals surface area contributed by atoms with E-state index >= 15 is 0 Å². The van der Waals surface area contributed by atoms with Crippen molar-refractivity contribution < 1.29 is 18.0 Å². The Morgan fingerprint density at radius 2 is 1.55 bits per heavy atom. The van der Waals surface area contributed by atoms with Crippen LogP contribution in [-0.2, 0) is 11.0 Å². The van der Waals surface area contributed by atoms with E-state index in [1.165, 1.54) is 12.1 Å². The third-order valence-electron chi connectivity index (χ3n) is 5.02. The number of para-hydroxylation sites is 1. The number of aldehydes is 1. The third-order valence-corrected chi connectivity index (χ3v) is 5.02. The first kappa shape index (κ1) is 20.6. The van der Waals surface area contributed by atoms with Crippen LogP contribution in [-0.4, -0.2) is 17.8 Å². The maximum Gasteiger partial charge on any atom is 0.417 e. The molecule has 31 heavy (non-hydrogen) atoms. The summed E-state index contributed by atoms with van der Waals surface area (Å²) in [6.07, 6.45) is -3.18. The number of halogens is 3. The Kier molecular flexibility index (Phi) is 5.71. The third kappa shape index (κ3) is 4.43. The normalized spacial score (nSPS) is 11.5. The number of rotatable bonds is 6. The van der Waals surface area contributed by atoms with Gasteiger partial charge >= 0.3 is 6.18 Å². The Balaban J connectivity index is 1.72. The summed E-state index contributed by atoms with van der Waals surface area (Å²) in [6, 6.07) is 22.0. The lowest BCUT2D eigenvalue weighted by Gasteiger charge is -2.14. The number of alkyl halides is 3. The highest BCUT2D eigenvalue weighted by molar-refractivity contribution is 5.94. The number of nitrogens with one attached hydrogen (secondary N) is 1. The Bertz CT molecular complexity index is 1220. The van der Waals surface area contributed by atoms with Crippen molar-refractivity contribution in [1.82, 2.24) is 4.98 Å². The Morgan fingerprint density at radius 3 is 2.29 bits per heavy atom. The predicted octanol–water partition coefficient (Wildman–Crippen LogP) is 6.59. The fourth-order valence-electron chi connectivity index (χ4n) is 3.54. The van der Waals surface area contributed by atoms with Crippen LogP contribution in [0.3, 0.4) is 0 Å². The van der Waals surface area contributed by atoms with Gasteiger partial charge in [0.05, 0.1) is 16.8 Å². The van der Waals surface area contributed by atoms with Crippen molar-refractivity contribution in [2.75, 3.05) is 11.9 Å². The van der Waals surface area contributed by atoms with Gasteiger partial charge < -0.3 is 10.1 Å². The summed E-state index contributed by atoms with van der Waals surface area (Å²) >= 11 is 0. The number of anilines is 1. The second-order valence-electron chi connectivity index (χ2n) is 7.08. The first-order chi connectivity index (χ1) is 15.0. The minimum atomic E-state index is -4.42. The number of carbonyl (C=O) groups excluding carboxylic acids is 1. The van der Waals surface area contributed by atoms with Gasteiger partial charge in [-0.3, -0.25) is 0 Å². The average molecular weight is 420 g/mol. The van der Waals surface area contributed by atoms with E-state index in [1.54, 1.807) is 30.3 Å². The van der Waals surface area contributed by atoms with Gasteiger partial charge in [0.2, 0.25) is 0 Å². The molecular formula is C25H19F3N2O. The molecule has 0 bridgehead atoms. The highest BCUT2D eigenvalue weighted by atomic mass is 19.4. The summed E-state index contributed by atoms with van der Waals surface area (Å²) < 4.78 is 40.1. The molecule has 4 aromatic rings. The van der Waals surface area contributed by atoms with Crippen LogP contribution in [0, 0.1) is 0 Å². The SMILES string of the molecule is O=CCCNc1cc(-c2ccc(-c3ccccc3C(F)(F)F)cc2)nc2ccccc12. The summed E-state index contributed by atoms with van der Waals surface area (Å²) in [5.41, 5.74) is 3.11. The van der Waals surface area contributed by atoms with Gasteiger partial charge in [-0.1, -0.05) is 60.7 Å². The average Bonchev–Trinajstić information content (AvgIpc) is 2.78. The topological polar surface area (TPSA) is 42.0 Å². The summed E-state index contributed by atoms with van der Waals surface area (Å²) in [6.45, 7) is 0.504. The molecule has 1 heterocycles. The van der Waals surface area contributed by atoms with Crippen LogP contribution in [0.2, 0.25) is 0 Å². The Morgan fingerprint density at radius 1 is 0.871 bits per heavy atom. The number of hydrogen-bond donors (Lipinski definition) is 1. The summed E-state index contributed by atoms with van der Waals surface area (Å²) in [5.74, 6) is 0. The second kappa shape index (κ2) is 8.60. The van der Waals surface area contributed by atoms with Gasteiger partial charge in [0, 0.05) is 29.6 Å². The zero-order valence-electron chi connectivity index (χ0n) is 16.5. The van der Waals surface area contributed by atoms with E-state index in [0.717, 1.165) is 34.5 Å². The number of carbonyl (C=O) groups is 1. The van der Waals surface area contributed by atoms with Crippen molar-refractivity contribution in [1.29, 1.82) is 0 Å². The van der Waals surface area contributed by atoms with Gasteiger partial charge in [0.1, 0.15) is 6.29 Å². The van der Waals surface area contributed by atoms with Crippen LogP contribution in [0.25, 0.3) is 33.3 Å². The van der Waals surface area contributed by atoms with Gasteiger partial charge in [-0.2, -0.15) is 13.2 Å². The first-order valence-electron chi connectivity index (χ1n) is 9.82. The van der Waals surface area contributed by atoms with Gasteiger partial charge in [-0.05, 0) is 29.3 Å². The number of pyridine rings is 1. The van der Waals surface area contributed by atoms with E-state index in [0.29, 0.717) is 24.2 Å². The van der Waals surface area contributed by atoms with E-state index < -0.39 is 11.7 Å². The van der Waals surface area contributed by atoms with E-state index in [2.05, 4.69) is 5.32 Å². The van der Waals surface area contributed by atoms with Gasteiger partial charge in [0.25, 0.3) is 0 Å².